The molecule has 0 saturated heterocycles. The minimum Gasteiger partial charge on any atom is -0.504 e. The number of hydrogen-bond acceptors (Lipinski definition) is 5. The quantitative estimate of drug-likeness (QED) is 0.648. The predicted octanol–water partition coefficient (Wildman–Crippen LogP) is 4.14. The Morgan fingerprint density at radius 3 is 2.52 bits per heavy atom. The minimum atomic E-state index is -0.337. The summed E-state index contributed by atoms with van der Waals surface area (Å²) >= 11 is 0. The van der Waals surface area contributed by atoms with Crippen LogP contribution in [0, 0.1) is 11.8 Å². The highest BCUT2D eigenvalue weighted by Crippen LogP contribution is 2.50. The van der Waals surface area contributed by atoms with Crippen molar-refractivity contribution < 1.29 is 19.7 Å². The number of aliphatic hydroxyl groups is 1. The molecule has 0 bridgehead atoms. The number of phenols is 1. The van der Waals surface area contributed by atoms with Crippen molar-refractivity contribution in [3.63, 3.8) is 0 Å². The third-order valence-electron chi connectivity index (χ3n) is 7.11. The summed E-state index contributed by atoms with van der Waals surface area (Å²) in [7, 11) is 0. The molecular weight excluding hydrogens is 366 g/mol. The van der Waals surface area contributed by atoms with Crippen LogP contribution in [0.3, 0.4) is 0 Å². The van der Waals surface area contributed by atoms with E-state index in [9.17, 15) is 15.0 Å². The Bertz CT molecular complexity index is 741. The molecule has 1 saturated carbocycles. The van der Waals surface area contributed by atoms with Gasteiger partial charge in [-0.1, -0.05) is 34.6 Å². The number of fused-ring (bicyclic) bond motifs is 1. The summed E-state index contributed by atoms with van der Waals surface area (Å²) in [5.41, 5.74) is 1.14. The van der Waals surface area contributed by atoms with E-state index in [0.29, 0.717) is 17.7 Å². The van der Waals surface area contributed by atoms with E-state index in [2.05, 4.69) is 32.6 Å². The lowest BCUT2D eigenvalue weighted by Gasteiger charge is -2.47. The van der Waals surface area contributed by atoms with Crippen LogP contribution in [-0.2, 0) is 5.41 Å². The van der Waals surface area contributed by atoms with Gasteiger partial charge in [-0.15, -0.1) is 0 Å². The van der Waals surface area contributed by atoms with Gasteiger partial charge in [-0.25, -0.2) is 0 Å². The molecule has 0 amide bonds. The number of aromatic hydroxyl groups is 1. The van der Waals surface area contributed by atoms with E-state index in [1.54, 1.807) is 12.1 Å². The van der Waals surface area contributed by atoms with Crippen molar-refractivity contribution >= 4 is 5.78 Å². The van der Waals surface area contributed by atoms with Crippen LogP contribution in [0.4, 0.5) is 0 Å². The number of rotatable bonds is 9. The molecule has 1 aromatic rings. The lowest BCUT2D eigenvalue weighted by atomic mass is 9.62. The molecule has 29 heavy (non-hydrogen) atoms. The van der Waals surface area contributed by atoms with Crippen molar-refractivity contribution in [3.05, 3.63) is 23.3 Å². The van der Waals surface area contributed by atoms with E-state index in [1.165, 1.54) is 12.8 Å². The normalized spacial score (nSPS) is 24.4. The topological polar surface area (TPSA) is 70.0 Å². The number of hydrogen-bond donors (Lipinski definition) is 2. The Morgan fingerprint density at radius 1 is 1.28 bits per heavy atom. The minimum absolute atomic E-state index is 0.0295. The van der Waals surface area contributed by atoms with Crippen LogP contribution in [0.1, 0.15) is 76.2 Å². The Hall–Kier alpha value is -1.59. The number of ether oxygens (including phenoxy) is 1. The summed E-state index contributed by atoms with van der Waals surface area (Å²) in [5.74, 6) is 1.42. The monoisotopic (exact) mass is 403 g/mol. The first-order chi connectivity index (χ1) is 13.8. The van der Waals surface area contributed by atoms with Gasteiger partial charge in [0.1, 0.15) is 6.10 Å². The number of carbonyl (C=O) groups is 1. The van der Waals surface area contributed by atoms with Crippen molar-refractivity contribution in [1.29, 1.82) is 0 Å². The third kappa shape index (κ3) is 4.17. The number of aliphatic hydroxyl groups excluding tert-OH is 1. The van der Waals surface area contributed by atoms with Gasteiger partial charge < -0.3 is 14.9 Å². The molecule has 162 valence electrons. The van der Waals surface area contributed by atoms with Gasteiger partial charge in [0.05, 0.1) is 6.04 Å². The Kier molecular flexibility index (Phi) is 6.59. The lowest BCUT2D eigenvalue weighted by Crippen LogP contribution is -2.55. The number of phenolic OH excluding ortho intramolecular Hbond substituents is 1. The smallest absolute Gasteiger partial charge is 0.180 e. The van der Waals surface area contributed by atoms with E-state index in [4.69, 9.17) is 4.74 Å². The number of nitrogens with zero attached hydrogens (tertiary/aromatic N) is 1. The zero-order valence-corrected chi connectivity index (χ0v) is 18.6. The van der Waals surface area contributed by atoms with Gasteiger partial charge in [-0.3, -0.25) is 9.69 Å². The molecule has 1 fully saturated rings. The fourth-order valence-corrected chi connectivity index (χ4v) is 4.76. The summed E-state index contributed by atoms with van der Waals surface area (Å²) < 4.78 is 6.19. The molecule has 0 aliphatic heterocycles. The van der Waals surface area contributed by atoms with Gasteiger partial charge in [0.2, 0.25) is 0 Å². The number of likely N-dealkylation sites (N-methyl/N-ethyl adjacent to an activating group) is 1. The second-order valence-corrected chi connectivity index (χ2v) is 9.35. The van der Waals surface area contributed by atoms with Crippen molar-refractivity contribution in [2.45, 2.75) is 77.9 Å². The van der Waals surface area contributed by atoms with Crippen LogP contribution in [0.2, 0.25) is 0 Å². The number of ketones is 1. The SMILES string of the molecule is CCC(CCO)Oc1c(O)ccc2c1C(C)(C)[C@@H](C)C(N(CC)CC1CC1)C2=O. The van der Waals surface area contributed by atoms with E-state index in [0.717, 1.165) is 31.0 Å². The summed E-state index contributed by atoms with van der Waals surface area (Å²) in [5, 5.41) is 20.0. The molecule has 0 aromatic heterocycles. The molecular formula is C24H37NO4. The van der Waals surface area contributed by atoms with Crippen molar-refractivity contribution in [3.8, 4) is 11.5 Å². The number of benzene rings is 1. The molecule has 0 radical (unpaired) electrons. The number of Topliss-reactive ketones (excluding diaryl/α,β-unsaturated/α-hetero) is 1. The summed E-state index contributed by atoms with van der Waals surface area (Å²) in [4.78, 5) is 16.0. The van der Waals surface area contributed by atoms with E-state index in [1.807, 2.05) is 6.92 Å². The fourth-order valence-electron chi connectivity index (χ4n) is 4.76. The fraction of sp³-hybridized carbons (Fsp3) is 0.708. The summed E-state index contributed by atoms with van der Waals surface area (Å²) in [6, 6.07) is 3.19. The average Bonchev–Trinajstić information content (AvgIpc) is 3.50. The highest BCUT2D eigenvalue weighted by Gasteiger charge is 2.49. The van der Waals surface area contributed by atoms with Gasteiger partial charge in [-0.2, -0.15) is 0 Å². The van der Waals surface area contributed by atoms with E-state index >= 15 is 0 Å². The van der Waals surface area contributed by atoms with Crippen LogP contribution in [0.15, 0.2) is 12.1 Å². The van der Waals surface area contributed by atoms with E-state index < -0.39 is 0 Å². The summed E-state index contributed by atoms with van der Waals surface area (Å²) in [6.07, 6.45) is 3.55. The van der Waals surface area contributed by atoms with Crippen molar-refractivity contribution in [1.82, 2.24) is 4.90 Å². The molecule has 2 aliphatic rings. The number of carbonyl (C=O) groups excluding carboxylic acids is 1. The third-order valence-corrected chi connectivity index (χ3v) is 7.11. The van der Waals surface area contributed by atoms with Gasteiger partial charge in [-0.05, 0) is 55.2 Å². The van der Waals surface area contributed by atoms with Crippen LogP contribution in [0.25, 0.3) is 0 Å². The molecule has 0 heterocycles. The van der Waals surface area contributed by atoms with Crippen molar-refractivity contribution in [2.75, 3.05) is 19.7 Å². The first-order valence-electron chi connectivity index (χ1n) is 11.2. The van der Waals surface area contributed by atoms with E-state index in [-0.39, 0.29) is 41.6 Å². The van der Waals surface area contributed by atoms with Crippen LogP contribution in [0.5, 0.6) is 11.5 Å². The first kappa shape index (κ1) is 22.1. The largest absolute Gasteiger partial charge is 0.504 e. The average molecular weight is 404 g/mol. The van der Waals surface area contributed by atoms with Crippen LogP contribution < -0.4 is 4.74 Å². The second kappa shape index (κ2) is 8.65. The maximum atomic E-state index is 13.6. The Morgan fingerprint density at radius 2 is 1.97 bits per heavy atom. The molecule has 5 heteroatoms. The van der Waals surface area contributed by atoms with Crippen LogP contribution in [-0.4, -0.2) is 52.7 Å². The molecule has 3 atom stereocenters. The molecule has 2 N–H and O–H groups in total. The Labute approximate surface area is 175 Å². The van der Waals surface area contributed by atoms with Crippen molar-refractivity contribution in [2.24, 2.45) is 11.8 Å². The molecule has 1 aromatic carbocycles. The van der Waals surface area contributed by atoms with Gasteiger partial charge >= 0.3 is 0 Å². The summed E-state index contributed by atoms with van der Waals surface area (Å²) in [6.45, 7) is 12.5. The second-order valence-electron chi connectivity index (χ2n) is 9.35. The van der Waals surface area contributed by atoms with Gasteiger partial charge in [0, 0.05) is 30.7 Å². The molecule has 0 spiro atoms. The van der Waals surface area contributed by atoms with Crippen LogP contribution >= 0.6 is 0 Å². The molecule has 2 aliphatic carbocycles. The first-order valence-corrected chi connectivity index (χ1v) is 11.2. The highest BCUT2D eigenvalue weighted by molar-refractivity contribution is 6.04. The zero-order valence-electron chi connectivity index (χ0n) is 18.6. The molecule has 2 unspecified atom stereocenters. The molecule has 5 nitrogen and oxygen atoms in total. The predicted molar refractivity (Wildman–Crippen MR) is 115 cm³/mol. The zero-order chi connectivity index (χ0) is 21.3. The Balaban J connectivity index is 2.04. The molecule has 3 rings (SSSR count). The maximum absolute atomic E-state index is 13.6. The standard InChI is InChI=1S/C24H37NO4/c1-6-17(12-13-26)29-23-19(27)11-10-18-20(23)24(4,5)15(3)21(22(18)28)25(7-2)14-16-8-9-16/h10-11,15-17,21,26-27H,6-9,12-14H2,1-5H3/t15-,17?,21?/m0/s1. The maximum Gasteiger partial charge on any atom is 0.180 e. The highest BCUT2D eigenvalue weighted by atomic mass is 16.5. The van der Waals surface area contributed by atoms with Gasteiger partial charge in [0.25, 0.3) is 0 Å². The van der Waals surface area contributed by atoms with Gasteiger partial charge in [0.15, 0.2) is 17.3 Å². The lowest BCUT2D eigenvalue weighted by molar-refractivity contribution is 0.0580.